The molecule has 0 spiro atoms. The number of allylic oxidation sites excluding steroid dienone is 2. The Kier molecular flexibility index (Phi) is 12.0. The first-order valence-electron chi connectivity index (χ1n) is 20.4. The number of hydrogen-bond donors (Lipinski definition) is 1. The molecule has 3 heterocycles. The van der Waals surface area contributed by atoms with Crippen LogP contribution in [0.15, 0.2) is 30.4 Å². The van der Waals surface area contributed by atoms with Gasteiger partial charge in [0.05, 0.1) is 41.6 Å². The number of ether oxygens (including phenoxy) is 2. The average Bonchev–Trinajstić information content (AvgIpc) is 3.92. The zero-order valence-electron chi connectivity index (χ0n) is 34.2. The van der Waals surface area contributed by atoms with E-state index in [0.717, 1.165) is 13.8 Å². The van der Waals surface area contributed by atoms with E-state index >= 15 is 0 Å². The zero-order chi connectivity index (χ0) is 42.6. The fraction of sp³-hybridized carbons (Fsp3) is 0.690. The number of halogens is 3. The molecule has 1 N–H and O–H groups in total. The number of hydrogen-bond acceptors (Lipinski definition) is 9. The van der Waals surface area contributed by atoms with Crippen molar-refractivity contribution < 1.29 is 55.0 Å². The Morgan fingerprint density at radius 3 is 2.41 bits per heavy atom. The number of nitrogens with one attached hydrogen (secondary N) is 1. The minimum Gasteiger partial charge on any atom is -0.453 e. The van der Waals surface area contributed by atoms with Gasteiger partial charge in [-0.25, -0.2) is 26.4 Å². The summed E-state index contributed by atoms with van der Waals surface area (Å²) < 4.78 is 82.2. The van der Waals surface area contributed by atoms with Gasteiger partial charge in [-0.3, -0.25) is 28.8 Å². The monoisotopic (exact) mass is 835 g/mol. The minimum atomic E-state index is -4.04. The third-order valence-electron chi connectivity index (χ3n) is 13.4. The zero-order valence-corrected chi connectivity index (χ0v) is 35.0. The summed E-state index contributed by atoms with van der Waals surface area (Å²) in [5, 5.41) is 0. The molecule has 3 fully saturated rings. The van der Waals surface area contributed by atoms with Gasteiger partial charge in [0.15, 0.2) is 11.4 Å². The van der Waals surface area contributed by atoms with Gasteiger partial charge in [0.25, 0.3) is 5.92 Å². The van der Waals surface area contributed by atoms with Crippen molar-refractivity contribution in [2.75, 3.05) is 6.54 Å². The van der Waals surface area contributed by atoms with Gasteiger partial charge in [0.1, 0.15) is 11.9 Å². The Labute approximate surface area is 338 Å². The van der Waals surface area contributed by atoms with Gasteiger partial charge >= 0.3 is 12.1 Å². The topological polar surface area (TPSA) is 156 Å². The van der Waals surface area contributed by atoms with E-state index in [9.17, 15) is 45.6 Å². The predicted molar refractivity (Wildman–Crippen MR) is 206 cm³/mol. The number of benzene rings is 1. The van der Waals surface area contributed by atoms with E-state index in [-0.39, 0.29) is 38.4 Å². The molecule has 1 aromatic rings. The van der Waals surface area contributed by atoms with Crippen molar-refractivity contribution in [3.05, 3.63) is 47.3 Å². The normalized spacial score (nSPS) is 30.6. The molecule has 0 radical (unpaired) electrons. The maximum atomic E-state index is 14.9. The number of fused-ring (bicyclic) bond motifs is 3. The highest BCUT2D eigenvalue weighted by Crippen LogP contribution is 2.58. The van der Waals surface area contributed by atoms with Crippen LogP contribution >= 0.6 is 0 Å². The van der Waals surface area contributed by atoms with E-state index in [2.05, 4.69) is 4.72 Å². The second kappa shape index (κ2) is 15.9. The minimum absolute atomic E-state index is 0.0401. The summed E-state index contributed by atoms with van der Waals surface area (Å²) in [5.41, 5.74) is -2.61. The van der Waals surface area contributed by atoms with E-state index < -0.39 is 110 Å². The molecule has 6 rings (SSSR count). The molecule has 58 heavy (non-hydrogen) atoms. The molecule has 3 aliphatic heterocycles. The molecular weight excluding hydrogens is 780 g/mol. The van der Waals surface area contributed by atoms with Crippen molar-refractivity contribution in [3.63, 3.8) is 0 Å². The molecule has 2 saturated carbocycles. The molecule has 3 amide bonds. The van der Waals surface area contributed by atoms with Gasteiger partial charge in [0.2, 0.25) is 21.8 Å². The molecule has 1 saturated heterocycles. The van der Waals surface area contributed by atoms with Crippen molar-refractivity contribution in [3.8, 4) is 0 Å². The molecule has 0 aromatic heterocycles. The standard InChI is InChI=1S/C42H56F3N3O9S/c1-7-26-17-25(2)11-8-9-13-28-20-42(28,37(52)46-58(54,55)40(5)15-16-40)21-34(49)33-18-29(56-38(53)47-22-27-12-10-14-32(43)31(27)24-47)23-48(33)36(51)30(26)19-35(50)57-39(3,4)41(6,44)45/h9-10,12-14,25-26,28-30,33H,7-8,11,15-24H2,1-6H3,(H,46,52)/b13-9-/t25-,26-,28-,29-,30+,33+,42-/m1/s1. The van der Waals surface area contributed by atoms with E-state index in [1.54, 1.807) is 19.1 Å². The lowest BCUT2D eigenvalue weighted by Gasteiger charge is -2.35. The van der Waals surface area contributed by atoms with Crippen molar-refractivity contribution >= 4 is 39.7 Å². The fourth-order valence-corrected chi connectivity index (χ4v) is 10.00. The predicted octanol–water partition coefficient (Wildman–Crippen LogP) is 6.60. The van der Waals surface area contributed by atoms with Crippen molar-refractivity contribution in [2.45, 2.75) is 147 Å². The SMILES string of the molecule is CC[C@@H]1C[C@H](C)CC/C=C\[C@@H]2C[C@@]2(C(=O)NS(=O)(=O)C2(C)CC2)CC(=O)[C@@H]2C[C@@H](OC(=O)N3Cc4cccc(F)c4C3)CN2C(=O)[C@H]1CC(=O)OC(C)(C)C(C)(F)F. The number of rotatable bonds is 9. The largest absolute Gasteiger partial charge is 0.453 e. The van der Waals surface area contributed by atoms with E-state index in [4.69, 9.17) is 9.47 Å². The highest BCUT2D eigenvalue weighted by atomic mass is 32.2. The fourth-order valence-electron chi connectivity index (χ4n) is 8.66. The van der Waals surface area contributed by atoms with Crippen molar-refractivity contribution in [2.24, 2.45) is 29.1 Å². The first kappa shape index (κ1) is 43.6. The van der Waals surface area contributed by atoms with Gasteiger partial charge in [-0.05, 0) is 88.7 Å². The molecule has 12 nitrogen and oxygen atoms in total. The van der Waals surface area contributed by atoms with Gasteiger partial charge in [0, 0.05) is 31.9 Å². The van der Waals surface area contributed by atoms with Crippen LogP contribution in [0.2, 0.25) is 0 Å². The second-order valence-corrected chi connectivity index (χ2v) is 20.4. The van der Waals surface area contributed by atoms with Gasteiger partial charge in [-0.1, -0.05) is 44.6 Å². The number of Topliss-reactive ketones (excluding diaryl/α,β-unsaturated/α-hetero) is 1. The number of esters is 1. The van der Waals surface area contributed by atoms with Crippen LogP contribution in [0.3, 0.4) is 0 Å². The summed E-state index contributed by atoms with van der Waals surface area (Å²) >= 11 is 0. The number of carbonyl (C=O) groups excluding carboxylic acids is 5. The Morgan fingerprint density at radius 1 is 1.07 bits per heavy atom. The average molecular weight is 836 g/mol. The molecule has 1 aromatic carbocycles. The Balaban J connectivity index is 1.32. The van der Waals surface area contributed by atoms with Crippen LogP contribution in [0.1, 0.15) is 117 Å². The molecule has 16 heteroatoms. The second-order valence-electron chi connectivity index (χ2n) is 18.2. The molecule has 320 valence electrons. The van der Waals surface area contributed by atoms with Gasteiger partial charge < -0.3 is 14.4 Å². The van der Waals surface area contributed by atoms with E-state index in [1.807, 2.05) is 26.0 Å². The molecule has 7 atom stereocenters. The van der Waals surface area contributed by atoms with Gasteiger partial charge in [-0.2, -0.15) is 0 Å². The van der Waals surface area contributed by atoms with Crippen molar-refractivity contribution in [1.82, 2.24) is 14.5 Å². The van der Waals surface area contributed by atoms with E-state index in [0.29, 0.717) is 56.6 Å². The highest BCUT2D eigenvalue weighted by Gasteiger charge is 2.63. The lowest BCUT2D eigenvalue weighted by molar-refractivity contribution is -0.197. The van der Waals surface area contributed by atoms with Crippen molar-refractivity contribution in [1.29, 1.82) is 0 Å². The number of nitrogens with zero attached hydrogens (tertiary/aromatic N) is 2. The number of alkyl halides is 2. The third-order valence-corrected chi connectivity index (χ3v) is 15.6. The summed E-state index contributed by atoms with van der Waals surface area (Å²) in [5.74, 6) is -8.75. The van der Waals surface area contributed by atoms with Crippen LogP contribution in [0.4, 0.5) is 18.0 Å². The lowest BCUT2D eigenvalue weighted by Crippen LogP contribution is -2.49. The summed E-state index contributed by atoms with van der Waals surface area (Å²) in [6.07, 6.45) is 4.08. The molecule has 5 aliphatic rings. The highest BCUT2D eigenvalue weighted by molar-refractivity contribution is 7.91. The number of ketones is 1. The molecular formula is C42H56F3N3O9S. The summed E-state index contributed by atoms with van der Waals surface area (Å²) in [6, 6.07) is 3.31. The quantitative estimate of drug-likeness (QED) is 0.214. The molecule has 0 unspecified atom stereocenters. The maximum Gasteiger partial charge on any atom is 0.410 e. The Morgan fingerprint density at radius 2 is 1.78 bits per heavy atom. The smallest absolute Gasteiger partial charge is 0.410 e. The number of carbonyl (C=O) groups is 5. The first-order chi connectivity index (χ1) is 27.0. The Bertz CT molecular complexity index is 1960. The van der Waals surface area contributed by atoms with Crippen LogP contribution in [-0.4, -0.2) is 82.8 Å². The summed E-state index contributed by atoms with van der Waals surface area (Å²) in [4.78, 5) is 73.0. The van der Waals surface area contributed by atoms with Crippen LogP contribution in [0, 0.1) is 34.9 Å². The van der Waals surface area contributed by atoms with E-state index in [1.165, 1.54) is 15.9 Å². The number of amides is 3. The van der Waals surface area contributed by atoms with Crippen LogP contribution < -0.4 is 4.72 Å². The van der Waals surface area contributed by atoms with Crippen LogP contribution in [0.5, 0.6) is 0 Å². The maximum absolute atomic E-state index is 14.9. The molecule has 0 bridgehead atoms. The Hall–Kier alpha value is -3.95. The van der Waals surface area contributed by atoms with Crippen LogP contribution in [-0.2, 0) is 51.8 Å². The summed E-state index contributed by atoms with van der Waals surface area (Å²) in [7, 11) is -4.04. The lowest BCUT2D eigenvalue weighted by atomic mass is 9.79. The molecule has 2 aliphatic carbocycles. The number of sulfonamides is 1. The summed E-state index contributed by atoms with van der Waals surface area (Å²) in [6.45, 7) is 8.04. The van der Waals surface area contributed by atoms with Gasteiger partial charge in [-0.15, -0.1) is 0 Å². The third kappa shape index (κ3) is 8.81. The first-order valence-corrected chi connectivity index (χ1v) is 21.9. The van der Waals surface area contributed by atoms with Crippen LogP contribution in [0.25, 0.3) is 0 Å².